The Balaban J connectivity index is 3.15. The van der Waals surface area contributed by atoms with Gasteiger partial charge in [-0.2, -0.15) is 0 Å². The topological polar surface area (TPSA) is 29.5 Å². The zero-order valence-electron chi connectivity index (χ0n) is 10.6. The Kier molecular flexibility index (Phi) is 8.38. The lowest BCUT2D eigenvalue weighted by Crippen LogP contribution is -2.20. The second-order valence-electron chi connectivity index (χ2n) is 4.37. The lowest BCUT2D eigenvalue weighted by atomic mass is 10.1. The predicted molar refractivity (Wildman–Crippen MR) is 62.9 cm³/mol. The van der Waals surface area contributed by atoms with E-state index in [4.69, 9.17) is 4.74 Å². The summed E-state index contributed by atoms with van der Waals surface area (Å²) >= 11 is 0. The lowest BCUT2D eigenvalue weighted by molar-refractivity contribution is -0.128. The van der Waals surface area contributed by atoms with Crippen LogP contribution in [0.1, 0.15) is 46.0 Å². The van der Waals surface area contributed by atoms with E-state index in [1.54, 1.807) is 19.0 Å². The average molecular weight is 215 g/mol. The van der Waals surface area contributed by atoms with Gasteiger partial charge in [0.15, 0.2) is 0 Å². The van der Waals surface area contributed by atoms with Crippen LogP contribution in [0.3, 0.4) is 0 Å². The van der Waals surface area contributed by atoms with Crippen LogP contribution in [-0.2, 0) is 9.53 Å². The Morgan fingerprint density at radius 1 is 1.13 bits per heavy atom. The second-order valence-corrected chi connectivity index (χ2v) is 4.37. The van der Waals surface area contributed by atoms with Gasteiger partial charge in [-0.3, -0.25) is 4.79 Å². The van der Waals surface area contributed by atoms with Crippen molar-refractivity contribution >= 4 is 5.91 Å². The molecule has 1 amide bonds. The summed E-state index contributed by atoms with van der Waals surface area (Å²) in [6, 6.07) is 0. The molecule has 3 nitrogen and oxygen atoms in total. The molecule has 0 bridgehead atoms. The molecular weight excluding hydrogens is 190 g/mol. The first-order valence-corrected chi connectivity index (χ1v) is 5.85. The average Bonchev–Trinajstić information content (AvgIpc) is 2.15. The van der Waals surface area contributed by atoms with Crippen molar-refractivity contribution in [2.24, 2.45) is 0 Å². The lowest BCUT2D eigenvalue weighted by Gasteiger charge is -2.10. The van der Waals surface area contributed by atoms with E-state index in [9.17, 15) is 4.79 Å². The first kappa shape index (κ1) is 14.4. The molecule has 0 heterocycles. The predicted octanol–water partition coefficient (Wildman–Crippen LogP) is 2.45. The van der Waals surface area contributed by atoms with Gasteiger partial charge >= 0.3 is 0 Å². The van der Waals surface area contributed by atoms with Crippen molar-refractivity contribution in [1.82, 2.24) is 4.90 Å². The number of hydrogen-bond donors (Lipinski definition) is 0. The number of unbranched alkanes of at least 4 members (excludes halogenated alkanes) is 3. The molecule has 3 heteroatoms. The Bertz CT molecular complexity index is 167. The Hall–Kier alpha value is -0.570. The third kappa shape index (κ3) is 9.73. The number of hydrogen-bond acceptors (Lipinski definition) is 2. The van der Waals surface area contributed by atoms with E-state index in [2.05, 4.69) is 13.8 Å². The molecule has 0 aromatic rings. The minimum atomic E-state index is 0.230. The molecule has 0 aliphatic rings. The third-order valence-electron chi connectivity index (χ3n) is 2.23. The van der Waals surface area contributed by atoms with Crippen LogP contribution < -0.4 is 0 Å². The monoisotopic (exact) mass is 215 g/mol. The molecule has 0 aliphatic heterocycles. The summed E-state index contributed by atoms with van der Waals surface area (Å²) in [5.41, 5.74) is 0. The summed E-state index contributed by atoms with van der Waals surface area (Å²) < 4.78 is 5.43. The smallest absolute Gasteiger partial charge is 0.222 e. The van der Waals surface area contributed by atoms with E-state index >= 15 is 0 Å². The maximum atomic E-state index is 11.2. The van der Waals surface area contributed by atoms with E-state index in [0.717, 1.165) is 32.3 Å². The normalized spacial score (nSPS) is 10.7. The molecule has 15 heavy (non-hydrogen) atoms. The van der Waals surface area contributed by atoms with Gasteiger partial charge in [-0.05, 0) is 26.7 Å². The SMILES string of the molecule is CC(C)OCCCCCCC(=O)N(C)C. The van der Waals surface area contributed by atoms with Crippen molar-refractivity contribution in [3.8, 4) is 0 Å². The molecular formula is C12H25NO2. The molecule has 0 N–H and O–H groups in total. The van der Waals surface area contributed by atoms with E-state index < -0.39 is 0 Å². The van der Waals surface area contributed by atoms with Crippen molar-refractivity contribution in [3.05, 3.63) is 0 Å². The fraction of sp³-hybridized carbons (Fsp3) is 0.917. The number of nitrogens with zero attached hydrogens (tertiary/aromatic N) is 1. The minimum Gasteiger partial charge on any atom is -0.379 e. The highest BCUT2D eigenvalue weighted by Gasteiger charge is 2.02. The van der Waals surface area contributed by atoms with Crippen molar-refractivity contribution in [3.63, 3.8) is 0 Å². The molecule has 0 atom stereocenters. The van der Waals surface area contributed by atoms with Crippen LogP contribution in [0.5, 0.6) is 0 Å². The number of carbonyl (C=O) groups excluding carboxylic acids is 1. The molecule has 90 valence electrons. The third-order valence-corrected chi connectivity index (χ3v) is 2.23. The van der Waals surface area contributed by atoms with Gasteiger partial charge in [0.1, 0.15) is 0 Å². The molecule has 0 radical (unpaired) electrons. The minimum absolute atomic E-state index is 0.230. The largest absolute Gasteiger partial charge is 0.379 e. The number of carbonyl (C=O) groups is 1. The van der Waals surface area contributed by atoms with Crippen LogP contribution in [0.25, 0.3) is 0 Å². The first-order valence-electron chi connectivity index (χ1n) is 5.85. The van der Waals surface area contributed by atoms with Crippen molar-refractivity contribution in [2.75, 3.05) is 20.7 Å². The summed E-state index contributed by atoms with van der Waals surface area (Å²) in [5.74, 6) is 0.230. The van der Waals surface area contributed by atoms with Crippen LogP contribution in [0.15, 0.2) is 0 Å². The van der Waals surface area contributed by atoms with Crippen LogP contribution in [-0.4, -0.2) is 37.6 Å². The van der Waals surface area contributed by atoms with Crippen LogP contribution in [0, 0.1) is 0 Å². The maximum absolute atomic E-state index is 11.2. The Morgan fingerprint density at radius 2 is 1.73 bits per heavy atom. The highest BCUT2D eigenvalue weighted by Crippen LogP contribution is 2.05. The molecule has 0 fully saturated rings. The van der Waals surface area contributed by atoms with Gasteiger partial charge in [0.2, 0.25) is 5.91 Å². The zero-order chi connectivity index (χ0) is 11.7. The van der Waals surface area contributed by atoms with Gasteiger partial charge in [-0.1, -0.05) is 12.8 Å². The van der Waals surface area contributed by atoms with Crippen molar-refractivity contribution in [1.29, 1.82) is 0 Å². The number of amides is 1. The fourth-order valence-corrected chi connectivity index (χ4v) is 1.27. The fourth-order valence-electron chi connectivity index (χ4n) is 1.27. The molecule has 0 saturated heterocycles. The highest BCUT2D eigenvalue weighted by molar-refractivity contribution is 5.75. The van der Waals surface area contributed by atoms with E-state index in [-0.39, 0.29) is 5.91 Å². The van der Waals surface area contributed by atoms with Gasteiger partial charge < -0.3 is 9.64 Å². The highest BCUT2D eigenvalue weighted by atomic mass is 16.5. The Labute approximate surface area is 93.8 Å². The quantitative estimate of drug-likeness (QED) is 0.582. The first-order chi connectivity index (χ1) is 7.04. The van der Waals surface area contributed by atoms with Gasteiger partial charge in [-0.15, -0.1) is 0 Å². The van der Waals surface area contributed by atoms with Crippen LogP contribution in [0.4, 0.5) is 0 Å². The summed E-state index contributed by atoms with van der Waals surface area (Å²) in [6.45, 7) is 4.95. The van der Waals surface area contributed by atoms with Gasteiger partial charge in [0.25, 0.3) is 0 Å². The molecule has 0 unspecified atom stereocenters. The maximum Gasteiger partial charge on any atom is 0.222 e. The number of ether oxygens (including phenoxy) is 1. The second kappa shape index (κ2) is 8.72. The summed E-state index contributed by atoms with van der Waals surface area (Å²) in [7, 11) is 3.61. The van der Waals surface area contributed by atoms with Gasteiger partial charge in [0, 0.05) is 27.1 Å². The standard InChI is InChI=1S/C12H25NO2/c1-11(2)15-10-8-6-5-7-9-12(14)13(3)4/h11H,5-10H2,1-4H3. The number of rotatable bonds is 8. The summed E-state index contributed by atoms with van der Waals surface area (Å²) in [5, 5.41) is 0. The van der Waals surface area contributed by atoms with Crippen molar-refractivity contribution in [2.45, 2.75) is 52.1 Å². The Morgan fingerprint density at radius 3 is 2.27 bits per heavy atom. The van der Waals surface area contributed by atoms with E-state index in [0.29, 0.717) is 12.5 Å². The molecule has 0 spiro atoms. The molecule has 0 saturated carbocycles. The molecule has 0 rings (SSSR count). The van der Waals surface area contributed by atoms with Gasteiger partial charge in [0.05, 0.1) is 6.10 Å². The van der Waals surface area contributed by atoms with Crippen LogP contribution >= 0.6 is 0 Å². The molecule has 0 aliphatic carbocycles. The van der Waals surface area contributed by atoms with Gasteiger partial charge in [-0.25, -0.2) is 0 Å². The summed E-state index contributed by atoms with van der Waals surface area (Å²) in [6.07, 6.45) is 5.40. The molecule has 0 aromatic heterocycles. The van der Waals surface area contributed by atoms with Crippen molar-refractivity contribution < 1.29 is 9.53 Å². The van der Waals surface area contributed by atoms with E-state index in [1.165, 1.54) is 0 Å². The zero-order valence-corrected chi connectivity index (χ0v) is 10.6. The molecule has 0 aromatic carbocycles. The van der Waals surface area contributed by atoms with E-state index in [1.807, 2.05) is 0 Å². The summed E-state index contributed by atoms with van der Waals surface area (Å²) in [4.78, 5) is 12.9. The van der Waals surface area contributed by atoms with Crippen LogP contribution in [0.2, 0.25) is 0 Å².